The molecule has 0 saturated heterocycles. The third kappa shape index (κ3) is 4.16. The lowest BCUT2D eigenvalue weighted by Gasteiger charge is -2.20. The number of carbonyl (C=O) groups excluding carboxylic acids is 1. The molecular formula is C13H20N2O5S. The van der Waals surface area contributed by atoms with Gasteiger partial charge in [0.15, 0.2) is 0 Å². The fourth-order valence-corrected chi connectivity index (χ4v) is 3.20. The first-order valence-corrected chi connectivity index (χ1v) is 7.82. The number of rotatable bonds is 6. The van der Waals surface area contributed by atoms with Crippen LogP contribution in [-0.4, -0.2) is 39.3 Å². The second kappa shape index (κ2) is 6.88. The Morgan fingerprint density at radius 1 is 1.43 bits per heavy atom. The number of carbonyl (C=O) groups is 1. The van der Waals surface area contributed by atoms with Crippen molar-refractivity contribution < 1.29 is 23.1 Å². The zero-order valence-corrected chi connectivity index (χ0v) is 13.0. The van der Waals surface area contributed by atoms with E-state index in [0.717, 1.165) is 0 Å². The van der Waals surface area contributed by atoms with Crippen molar-refractivity contribution in [1.29, 1.82) is 0 Å². The SMILES string of the molecule is COC(=O)c1ccc(N)cc1S(=O)(=O)NC(C)C(C)CO. The number of methoxy groups -OCH3 is 1. The molecule has 0 aliphatic heterocycles. The van der Waals surface area contributed by atoms with E-state index in [4.69, 9.17) is 10.8 Å². The minimum absolute atomic E-state index is 0.0944. The summed E-state index contributed by atoms with van der Waals surface area (Å²) in [6.07, 6.45) is 0. The summed E-state index contributed by atoms with van der Waals surface area (Å²) in [6.45, 7) is 3.17. The van der Waals surface area contributed by atoms with Crippen molar-refractivity contribution in [2.45, 2.75) is 24.8 Å². The molecule has 0 aliphatic rings. The van der Waals surface area contributed by atoms with E-state index < -0.39 is 22.0 Å². The van der Waals surface area contributed by atoms with E-state index in [1.807, 2.05) is 0 Å². The van der Waals surface area contributed by atoms with Gasteiger partial charge in [-0.25, -0.2) is 17.9 Å². The summed E-state index contributed by atoms with van der Waals surface area (Å²) in [6, 6.07) is 3.41. The number of aliphatic hydroxyl groups is 1. The number of nitrogens with two attached hydrogens (primary N) is 1. The molecule has 4 N–H and O–H groups in total. The molecule has 7 nitrogen and oxygen atoms in total. The Hall–Kier alpha value is -1.64. The van der Waals surface area contributed by atoms with Gasteiger partial charge in [-0.1, -0.05) is 6.92 Å². The molecule has 2 atom stereocenters. The molecule has 0 heterocycles. The van der Waals surface area contributed by atoms with Crippen LogP contribution in [0.3, 0.4) is 0 Å². The zero-order chi connectivity index (χ0) is 16.2. The van der Waals surface area contributed by atoms with E-state index in [1.54, 1.807) is 13.8 Å². The molecule has 0 spiro atoms. The maximum absolute atomic E-state index is 12.4. The Bertz CT molecular complexity index is 615. The number of ether oxygens (including phenoxy) is 1. The van der Waals surface area contributed by atoms with Crippen LogP contribution in [0.1, 0.15) is 24.2 Å². The Kier molecular flexibility index (Phi) is 5.70. The maximum atomic E-state index is 12.4. The first kappa shape index (κ1) is 17.4. The van der Waals surface area contributed by atoms with Crippen molar-refractivity contribution in [1.82, 2.24) is 4.72 Å². The molecule has 21 heavy (non-hydrogen) atoms. The van der Waals surface area contributed by atoms with Gasteiger partial charge in [0.05, 0.1) is 17.6 Å². The average Bonchev–Trinajstić information content (AvgIpc) is 2.44. The lowest BCUT2D eigenvalue weighted by atomic mass is 10.1. The fraction of sp³-hybridized carbons (Fsp3) is 0.462. The number of nitrogen functional groups attached to an aromatic ring is 1. The molecule has 0 fully saturated rings. The van der Waals surface area contributed by atoms with Gasteiger partial charge < -0.3 is 15.6 Å². The van der Waals surface area contributed by atoms with Gasteiger partial charge in [0.1, 0.15) is 0 Å². The van der Waals surface area contributed by atoms with Crippen molar-refractivity contribution >= 4 is 21.7 Å². The highest BCUT2D eigenvalue weighted by atomic mass is 32.2. The van der Waals surface area contributed by atoms with Crippen LogP contribution in [0.2, 0.25) is 0 Å². The second-order valence-electron chi connectivity index (χ2n) is 4.82. The van der Waals surface area contributed by atoms with Crippen LogP contribution >= 0.6 is 0 Å². The van der Waals surface area contributed by atoms with E-state index in [9.17, 15) is 13.2 Å². The Morgan fingerprint density at radius 2 is 2.05 bits per heavy atom. The van der Waals surface area contributed by atoms with E-state index >= 15 is 0 Å². The van der Waals surface area contributed by atoms with Crippen molar-refractivity contribution in [3.05, 3.63) is 23.8 Å². The van der Waals surface area contributed by atoms with Crippen LogP contribution in [0.4, 0.5) is 5.69 Å². The molecule has 1 aromatic carbocycles. The highest BCUT2D eigenvalue weighted by Gasteiger charge is 2.26. The van der Waals surface area contributed by atoms with Gasteiger partial charge in [-0.3, -0.25) is 0 Å². The van der Waals surface area contributed by atoms with Gasteiger partial charge in [0.25, 0.3) is 0 Å². The van der Waals surface area contributed by atoms with E-state index in [-0.39, 0.29) is 28.7 Å². The minimum Gasteiger partial charge on any atom is -0.465 e. The van der Waals surface area contributed by atoms with Crippen molar-refractivity contribution in [3.63, 3.8) is 0 Å². The number of hydrogen-bond acceptors (Lipinski definition) is 6. The zero-order valence-electron chi connectivity index (χ0n) is 12.2. The number of esters is 1. The Morgan fingerprint density at radius 3 is 2.57 bits per heavy atom. The number of benzene rings is 1. The van der Waals surface area contributed by atoms with E-state index in [2.05, 4.69) is 9.46 Å². The molecule has 0 amide bonds. The smallest absolute Gasteiger partial charge is 0.339 e. The summed E-state index contributed by atoms with van der Waals surface area (Å²) < 4.78 is 31.8. The molecule has 1 aromatic rings. The van der Waals surface area contributed by atoms with Crippen LogP contribution in [0.5, 0.6) is 0 Å². The lowest BCUT2D eigenvalue weighted by molar-refractivity contribution is 0.0596. The third-order valence-corrected chi connectivity index (χ3v) is 4.78. The molecule has 0 aliphatic carbocycles. The normalized spacial score (nSPS) is 14.5. The fourth-order valence-electron chi connectivity index (χ4n) is 1.62. The summed E-state index contributed by atoms with van der Waals surface area (Å²) in [7, 11) is -2.80. The standard InChI is InChI=1S/C13H20N2O5S/c1-8(7-16)9(2)15-21(18,19)12-6-10(14)4-5-11(12)13(17)20-3/h4-6,8-9,15-16H,7,14H2,1-3H3. The van der Waals surface area contributed by atoms with Gasteiger partial charge in [-0.2, -0.15) is 0 Å². The number of nitrogens with one attached hydrogen (secondary N) is 1. The van der Waals surface area contributed by atoms with Crippen molar-refractivity contribution in [2.24, 2.45) is 5.92 Å². The predicted molar refractivity (Wildman–Crippen MR) is 78.2 cm³/mol. The number of hydrogen-bond donors (Lipinski definition) is 3. The van der Waals surface area contributed by atoms with E-state index in [0.29, 0.717) is 0 Å². The van der Waals surface area contributed by atoms with Gasteiger partial charge in [-0.15, -0.1) is 0 Å². The third-order valence-electron chi connectivity index (χ3n) is 3.18. The molecule has 2 unspecified atom stereocenters. The molecule has 0 saturated carbocycles. The van der Waals surface area contributed by atoms with Crippen LogP contribution in [0.15, 0.2) is 23.1 Å². The molecule has 118 valence electrons. The van der Waals surface area contributed by atoms with Gasteiger partial charge >= 0.3 is 5.97 Å². The molecular weight excluding hydrogens is 296 g/mol. The predicted octanol–water partition coefficient (Wildman–Crippen LogP) is 0.351. The molecule has 8 heteroatoms. The summed E-state index contributed by atoms with van der Waals surface area (Å²) in [5.41, 5.74) is 5.72. The lowest BCUT2D eigenvalue weighted by Crippen LogP contribution is -2.38. The highest BCUT2D eigenvalue weighted by Crippen LogP contribution is 2.21. The topological polar surface area (TPSA) is 119 Å². The Labute approximate surface area is 124 Å². The van der Waals surface area contributed by atoms with Crippen LogP contribution in [-0.2, 0) is 14.8 Å². The summed E-state index contributed by atoms with van der Waals surface area (Å²) >= 11 is 0. The molecule has 0 bridgehead atoms. The maximum Gasteiger partial charge on any atom is 0.339 e. The molecule has 0 aromatic heterocycles. The highest BCUT2D eigenvalue weighted by molar-refractivity contribution is 7.89. The molecule has 0 radical (unpaired) electrons. The average molecular weight is 316 g/mol. The van der Waals surface area contributed by atoms with Crippen molar-refractivity contribution in [2.75, 3.05) is 19.5 Å². The first-order valence-electron chi connectivity index (χ1n) is 6.34. The second-order valence-corrected chi connectivity index (χ2v) is 6.50. The number of sulfonamides is 1. The van der Waals surface area contributed by atoms with Gasteiger partial charge in [-0.05, 0) is 31.0 Å². The van der Waals surface area contributed by atoms with Crippen LogP contribution < -0.4 is 10.5 Å². The van der Waals surface area contributed by atoms with Crippen LogP contribution in [0, 0.1) is 5.92 Å². The summed E-state index contributed by atoms with van der Waals surface area (Å²) in [4.78, 5) is 11.4. The Balaban J connectivity index is 3.24. The quantitative estimate of drug-likeness (QED) is 0.515. The number of aliphatic hydroxyl groups excluding tert-OH is 1. The van der Waals surface area contributed by atoms with Gasteiger partial charge in [0, 0.05) is 18.3 Å². The monoisotopic (exact) mass is 316 g/mol. The summed E-state index contributed by atoms with van der Waals surface area (Å²) in [5.74, 6) is -1.04. The van der Waals surface area contributed by atoms with Crippen LogP contribution in [0.25, 0.3) is 0 Å². The minimum atomic E-state index is -3.96. The van der Waals surface area contributed by atoms with Crippen molar-refractivity contribution in [3.8, 4) is 0 Å². The first-order chi connectivity index (χ1) is 9.72. The summed E-state index contributed by atoms with van der Waals surface area (Å²) in [5, 5.41) is 9.07. The molecule has 1 rings (SSSR count). The van der Waals surface area contributed by atoms with E-state index in [1.165, 1.54) is 25.3 Å². The van der Waals surface area contributed by atoms with Gasteiger partial charge in [0.2, 0.25) is 10.0 Å². The largest absolute Gasteiger partial charge is 0.465 e. The number of anilines is 1.